The van der Waals surface area contributed by atoms with Crippen molar-refractivity contribution in [2.24, 2.45) is 0 Å². The van der Waals surface area contributed by atoms with Gasteiger partial charge in [-0.3, -0.25) is 18.7 Å². The van der Waals surface area contributed by atoms with Gasteiger partial charge in [0, 0.05) is 85.0 Å². The Morgan fingerprint density at radius 1 is 0.726 bits per heavy atom. The van der Waals surface area contributed by atoms with Crippen LogP contribution < -0.4 is 31.4 Å². The van der Waals surface area contributed by atoms with Gasteiger partial charge in [0.2, 0.25) is 11.6 Å². The van der Waals surface area contributed by atoms with Crippen LogP contribution in [0.3, 0.4) is 0 Å². The third kappa shape index (κ3) is 12.2. The molecule has 0 saturated heterocycles. The summed E-state index contributed by atoms with van der Waals surface area (Å²) in [7, 11) is -7.22. The molecule has 0 radical (unpaired) electrons. The maximum Gasteiger partial charge on any atom is 0.338 e. The third-order valence-corrected chi connectivity index (χ3v) is 17.5. The van der Waals surface area contributed by atoms with Crippen molar-refractivity contribution >= 4 is 78.9 Å². The normalized spacial score (nSPS) is 15.5. The first-order valence-corrected chi connectivity index (χ1v) is 28.1. The summed E-state index contributed by atoms with van der Waals surface area (Å²) in [5.41, 5.74) is 4.17. The molecule has 5 aromatic carbocycles. The van der Waals surface area contributed by atoms with Crippen LogP contribution in [0.1, 0.15) is 85.2 Å². The van der Waals surface area contributed by atoms with Gasteiger partial charge in [0.1, 0.15) is 6.54 Å². The number of carbonyl (C=O) groups is 3. The molecule has 0 aliphatic carbocycles. The Morgan fingerprint density at radius 2 is 1.34 bits per heavy atom. The van der Waals surface area contributed by atoms with Crippen LogP contribution in [-0.4, -0.2) is 101 Å². The Labute approximate surface area is 429 Å². The fourth-order valence-electron chi connectivity index (χ4n) is 9.55. The Hall–Kier alpha value is -6.33. The van der Waals surface area contributed by atoms with Crippen molar-refractivity contribution in [1.82, 2.24) is 10.6 Å². The van der Waals surface area contributed by atoms with E-state index in [-0.39, 0.29) is 41.1 Å². The molecule has 7 rings (SSSR count). The zero-order valence-corrected chi connectivity index (χ0v) is 44.3. The van der Waals surface area contributed by atoms with Gasteiger partial charge in [0.15, 0.2) is 5.71 Å². The molecule has 0 saturated carbocycles. The SMILES string of the molecule is COCCN1C(=CC=CC2=[N+](CCCCCC(=O)NCCNC(=O)c3ccc(C(=O)OC)c(P(c4ccccc4)c4ccccc4)c3)c3ccc(S(=O)(=O)O)cc3C2(C)C)C(C)(C)c2cc(S(=O)(=O)O)ccc21. The van der Waals surface area contributed by atoms with E-state index in [1.54, 1.807) is 37.4 Å². The molecule has 0 atom stereocenters. The minimum atomic E-state index is -4.48. The van der Waals surface area contributed by atoms with Crippen LogP contribution in [0.4, 0.5) is 11.4 Å². The van der Waals surface area contributed by atoms with Crippen LogP contribution >= 0.6 is 7.92 Å². The number of fused-ring (bicyclic) bond motifs is 2. The van der Waals surface area contributed by atoms with Gasteiger partial charge in [-0.05, 0) is 105 Å². The van der Waals surface area contributed by atoms with E-state index >= 15 is 0 Å². The van der Waals surface area contributed by atoms with Crippen LogP contribution in [0.5, 0.6) is 0 Å². The lowest BCUT2D eigenvalue weighted by molar-refractivity contribution is -0.438. The summed E-state index contributed by atoms with van der Waals surface area (Å²) in [5, 5.41) is 8.50. The number of nitrogens with one attached hydrogen (secondary N) is 2. The number of anilines is 1. The van der Waals surface area contributed by atoms with Crippen molar-refractivity contribution in [3.63, 3.8) is 0 Å². The highest BCUT2D eigenvalue weighted by atomic mass is 32.2. The molecule has 18 heteroatoms. The predicted octanol–water partition coefficient (Wildman–Crippen LogP) is 7.09. The number of allylic oxidation sites excluding steroid dienone is 4. The van der Waals surface area contributed by atoms with Gasteiger partial charge in [-0.15, -0.1) is 0 Å². The van der Waals surface area contributed by atoms with E-state index in [0.29, 0.717) is 55.4 Å². The molecule has 4 N–H and O–H groups in total. The lowest BCUT2D eigenvalue weighted by Gasteiger charge is -2.26. The van der Waals surface area contributed by atoms with Crippen LogP contribution in [0, 0.1) is 0 Å². The number of rotatable bonds is 21. The van der Waals surface area contributed by atoms with E-state index in [0.717, 1.165) is 44.5 Å². The van der Waals surface area contributed by atoms with Crippen molar-refractivity contribution in [3.8, 4) is 0 Å². The molecule has 73 heavy (non-hydrogen) atoms. The average molecular weight is 1050 g/mol. The highest BCUT2D eigenvalue weighted by Gasteiger charge is 2.45. The molecule has 2 aliphatic rings. The van der Waals surface area contributed by atoms with E-state index in [1.807, 2.05) is 107 Å². The fraction of sp³-hybridized carbons (Fsp3) is 0.309. The summed E-state index contributed by atoms with van der Waals surface area (Å²) in [5.74, 6) is -1.00. The number of unbranched alkanes of at least 4 members (excludes halogenated alkanes) is 2. The summed E-state index contributed by atoms with van der Waals surface area (Å²) in [4.78, 5) is 41.2. The molecule has 5 aromatic rings. The molecule has 15 nitrogen and oxygen atoms in total. The van der Waals surface area contributed by atoms with Crippen molar-refractivity contribution in [2.45, 2.75) is 74.0 Å². The Bertz CT molecular complexity index is 3170. The lowest BCUT2D eigenvalue weighted by atomic mass is 9.81. The fourth-order valence-corrected chi connectivity index (χ4v) is 13.0. The second-order valence-corrected chi connectivity index (χ2v) is 23.8. The smallest absolute Gasteiger partial charge is 0.338 e. The van der Waals surface area contributed by atoms with Crippen LogP contribution in [0.25, 0.3) is 0 Å². The van der Waals surface area contributed by atoms with Crippen molar-refractivity contribution in [2.75, 3.05) is 51.9 Å². The van der Waals surface area contributed by atoms with Gasteiger partial charge in [-0.2, -0.15) is 21.4 Å². The van der Waals surface area contributed by atoms with Gasteiger partial charge in [-0.1, -0.05) is 80.6 Å². The number of amides is 2. The van der Waals surface area contributed by atoms with Crippen LogP contribution in [0.15, 0.2) is 149 Å². The Balaban J connectivity index is 0.999. The van der Waals surface area contributed by atoms with Crippen molar-refractivity contribution < 1.29 is 54.4 Å². The molecule has 0 fully saturated rings. The topological polar surface area (TPSA) is 209 Å². The van der Waals surface area contributed by atoms with Gasteiger partial charge in [0.05, 0.1) is 34.5 Å². The first kappa shape index (κ1) is 54.4. The van der Waals surface area contributed by atoms with Gasteiger partial charge in [-0.25, -0.2) is 4.79 Å². The van der Waals surface area contributed by atoms with Gasteiger partial charge in [0.25, 0.3) is 26.1 Å². The largest absolute Gasteiger partial charge is 0.465 e. The van der Waals surface area contributed by atoms with E-state index in [4.69, 9.17) is 9.47 Å². The summed E-state index contributed by atoms with van der Waals surface area (Å²) < 4.78 is 81.3. The monoisotopic (exact) mass is 1050 g/mol. The first-order chi connectivity index (χ1) is 34.7. The van der Waals surface area contributed by atoms with Crippen LogP contribution in [-0.2, 0) is 45.3 Å². The minimum absolute atomic E-state index is 0.158. The zero-order chi connectivity index (χ0) is 52.7. The molecule has 0 bridgehead atoms. The molecular formula is C55H62N4O11PS2+. The number of hydrogen-bond acceptors (Lipinski definition) is 10. The Kier molecular flexibility index (Phi) is 17.0. The van der Waals surface area contributed by atoms with E-state index in [9.17, 15) is 40.3 Å². The second-order valence-electron chi connectivity index (χ2n) is 18.8. The molecule has 0 spiro atoms. The highest BCUT2D eigenvalue weighted by Crippen LogP contribution is 2.49. The maximum absolute atomic E-state index is 13.5. The minimum Gasteiger partial charge on any atom is -0.465 e. The highest BCUT2D eigenvalue weighted by molar-refractivity contribution is 7.86. The van der Waals surface area contributed by atoms with Gasteiger partial charge >= 0.3 is 5.97 Å². The molecule has 2 amide bonds. The number of carbonyl (C=O) groups excluding carboxylic acids is 3. The number of nitrogens with zero attached hydrogens (tertiary/aromatic N) is 2. The number of hydrogen-bond donors (Lipinski definition) is 4. The van der Waals surface area contributed by atoms with Gasteiger partial charge < -0.3 is 25.0 Å². The number of esters is 1. The first-order valence-electron chi connectivity index (χ1n) is 23.9. The molecule has 0 unspecified atom stereocenters. The summed E-state index contributed by atoms with van der Waals surface area (Å²) in [6.45, 7) is 9.75. The summed E-state index contributed by atoms with van der Waals surface area (Å²) in [6, 6.07) is 33.8. The van der Waals surface area contributed by atoms with E-state index in [1.165, 1.54) is 31.4 Å². The number of methoxy groups -OCH3 is 2. The van der Waals surface area contributed by atoms with Crippen molar-refractivity contribution in [3.05, 3.63) is 161 Å². The van der Waals surface area contributed by atoms with E-state index < -0.39 is 45.0 Å². The zero-order valence-electron chi connectivity index (χ0n) is 41.8. The second kappa shape index (κ2) is 22.8. The third-order valence-electron chi connectivity index (χ3n) is 13.3. The molecular weight excluding hydrogens is 988 g/mol. The number of ether oxygens (including phenoxy) is 2. The molecule has 0 aromatic heterocycles. The van der Waals surface area contributed by atoms with Crippen molar-refractivity contribution in [1.29, 1.82) is 0 Å². The Morgan fingerprint density at radius 3 is 1.96 bits per heavy atom. The quantitative estimate of drug-likeness (QED) is 0.0191. The lowest BCUT2D eigenvalue weighted by Crippen LogP contribution is -2.35. The summed E-state index contributed by atoms with van der Waals surface area (Å²) in [6.07, 6.45) is 8.11. The summed E-state index contributed by atoms with van der Waals surface area (Å²) >= 11 is 0. The average Bonchev–Trinajstić information content (AvgIpc) is 3.71. The van der Waals surface area contributed by atoms with E-state index in [2.05, 4.69) is 20.1 Å². The molecule has 2 heterocycles. The molecule has 2 aliphatic heterocycles. The van der Waals surface area contributed by atoms with Crippen LogP contribution in [0.2, 0.25) is 0 Å². The standard InChI is InChI=1S/C55H61N4O11PS2/c1-54(2)44-36-41(72(63,64)65)25-28-46(44)58(49(54)21-16-22-50-55(3,4)45-37-42(73(66,67)68)26-29-47(45)59(50)33-34-69-5)32-15-9-14-23-51(60)56-30-31-57-52(61)38-24-27-43(53(62)70-6)48(35-38)71(39-17-10-7-11-18-39)40-19-12-8-13-20-40/h7-8,10-13,16-22,24-29,35-37H,9,14-15,23,30-34H2,1-6H3,(H3-,56,57,60,61,63,64,65,66,67,68)/p+1. The maximum atomic E-state index is 13.5. The predicted molar refractivity (Wildman–Crippen MR) is 285 cm³/mol. The number of benzene rings is 5. The molecule has 384 valence electrons.